The van der Waals surface area contributed by atoms with E-state index in [1.807, 2.05) is 26.8 Å². The number of nitrogens with two attached hydrogens (primary N) is 1. The van der Waals surface area contributed by atoms with Crippen molar-refractivity contribution >= 4 is 6.09 Å². The third-order valence-corrected chi connectivity index (χ3v) is 2.26. The third-order valence-electron chi connectivity index (χ3n) is 2.26. The minimum Gasteiger partial charge on any atom is -0.444 e. The van der Waals surface area contributed by atoms with Crippen LogP contribution in [0.15, 0.2) is 11.6 Å². The molecule has 1 amide bonds. The second-order valence-corrected chi connectivity index (χ2v) is 5.23. The molecule has 1 rings (SSSR count). The lowest BCUT2D eigenvalue weighted by Crippen LogP contribution is -2.46. The molecule has 1 atom stereocenters. The van der Waals surface area contributed by atoms with Crippen molar-refractivity contribution in [3.05, 3.63) is 11.6 Å². The molecular weight excluding hydrogens is 216 g/mol. The summed E-state index contributed by atoms with van der Waals surface area (Å²) < 4.78 is 5.30. The van der Waals surface area contributed by atoms with Crippen molar-refractivity contribution in [2.24, 2.45) is 5.73 Å². The summed E-state index contributed by atoms with van der Waals surface area (Å²) in [4.78, 5) is 13.5. The molecule has 0 bridgehead atoms. The highest BCUT2D eigenvalue weighted by molar-refractivity contribution is 5.69. The van der Waals surface area contributed by atoms with Gasteiger partial charge in [0.1, 0.15) is 5.60 Å². The van der Waals surface area contributed by atoms with E-state index in [4.69, 9.17) is 16.9 Å². The molecule has 0 spiro atoms. The lowest BCUT2D eigenvalue weighted by molar-refractivity contribution is 0.0253. The molecule has 0 saturated heterocycles. The summed E-state index contributed by atoms with van der Waals surface area (Å²) >= 11 is 0. The van der Waals surface area contributed by atoms with Gasteiger partial charge in [-0.3, -0.25) is 0 Å². The number of carbonyl (C=O) groups excluding carboxylic acids is 1. The molecule has 1 aliphatic heterocycles. The van der Waals surface area contributed by atoms with Crippen LogP contribution in [0.5, 0.6) is 0 Å². The number of hydrogen-bond donors (Lipinski definition) is 1. The average molecular weight is 236 g/mol. The fourth-order valence-corrected chi connectivity index (χ4v) is 1.68. The zero-order valence-corrected chi connectivity index (χ0v) is 10.7. The van der Waals surface area contributed by atoms with Gasteiger partial charge >= 0.3 is 6.09 Å². The van der Waals surface area contributed by atoms with E-state index in [1.165, 1.54) is 0 Å². The standard InChI is InChI=1S/C13H20N2O2/c1-5-6-10-7-11(14)9-15(8-10)12(16)17-13(2,3)4/h1,7,11H,6,8-9,14H2,2-4H3. The van der Waals surface area contributed by atoms with E-state index in [0.717, 1.165) is 5.57 Å². The number of terminal acetylenes is 1. The summed E-state index contributed by atoms with van der Waals surface area (Å²) in [6.45, 7) is 6.50. The lowest BCUT2D eigenvalue weighted by Gasteiger charge is -2.32. The summed E-state index contributed by atoms with van der Waals surface area (Å²) in [6.07, 6.45) is 7.38. The van der Waals surface area contributed by atoms with Gasteiger partial charge in [-0.05, 0) is 26.3 Å². The normalized spacial score (nSPS) is 20.5. The number of nitrogens with zero attached hydrogens (tertiary/aromatic N) is 1. The van der Waals surface area contributed by atoms with Crippen LogP contribution in [0.2, 0.25) is 0 Å². The molecule has 0 radical (unpaired) electrons. The first-order chi connectivity index (χ1) is 7.81. The van der Waals surface area contributed by atoms with Gasteiger partial charge in [0.2, 0.25) is 0 Å². The molecule has 1 aliphatic rings. The Hall–Kier alpha value is -1.47. The highest BCUT2D eigenvalue weighted by Crippen LogP contribution is 2.16. The van der Waals surface area contributed by atoms with Crippen molar-refractivity contribution in [2.75, 3.05) is 13.1 Å². The molecular formula is C13H20N2O2. The van der Waals surface area contributed by atoms with Crippen molar-refractivity contribution < 1.29 is 9.53 Å². The Morgan fingerprint density at radius 2 is 2.35 bits per heavy atom. The van der Waals surface area contributed by atoms with E-state index >= 15 is 0 Å². The van der Waals surface area contributed by atoms with E-state index in [0.29, 0.717) is 19.5 Å². The quantitative estimate of drug-likeness (QED) is 0.554. The van der Waals surface area contributed by atoms with Gasteiger partial charge in [-0.1, -0.05) is 6.08 Å². The number of carbonyl (C=O) groups is 1. The second-order valence-electron chi connectivity index (χ2n) is 5.23. The predicted octanol–water partition coefficient (Wildman–Crippen LogP) is 1.51. The smallest absolute Gasteiger partial charge is 0.410 e. The van der Waals surface area contributed by atoms with Crippen LogP contribution in [0.25, 0.3) is 0 Å². The second kappa shape index (κ2) is 5.24. The summed E-state index contributed by atoms with van der Waals surface area (Å²) in [5.74, 6) is 2.56. The summed E-state index contributed by atoms with van der Waals surface area (Å²) in [5, 5.41) is 0. The van der Waals surface area contributed by atoms with Crippen LogP contribution in [0.4, 0.5) is 4.79 Å². The minimum absolute atomic E-state index is 0.167. The first-order valence-corrected chi connectivity index (χ1v) is 5.68. The molecule has 0 fully saturated rings. The van der Waals surface area contributed by atoms with E-state index in [1.54, 1.807) is 4.90 Å². The Morgan fingerprint density at radius 1 is 1.71 bits per heavy atom. The summed E-state index contributed by atoms with van der Waals surface area (Å²) in [6, 6.07) is -0.167. The molecule has 4 nitrogen and oxygen atoms in total. The largest absolute Gasteiger partial charge is 0.444 e. The first kappa shape index (κ1) is 13.6. The zero-order chi connectivity index (χ0) is 13.1. The lowest BCUT2D eigenvalue weighted by atomic mass is 10.0. The Balaban J connectivity index is 2.66. The van der Waals surface area contributed by atoms with Gasteiger partial charge in [0, 0.05) is 25.6 Å². The molecule has 0 aromatic heterocycles. The molecule has 1 heterocycles. The highest BCUT2D eigenvalue weighted by Gasteiger charge is 2.26. The van der Waals surface area contributed by atoms with Crippen LogP contribution in [-0.4, -0.2) is 35.7 Å². The van der Waals surface area contributed by atoms with Crippen LogP contribution in [0.3, 0.4) is 0 Å². The maximum absolute atomic E-state index is 11.9. The molecule has 17 heavy (non-hydrogen) atoms. The van der Waals surface area contributed by atoms with Crippen molar-refractivity contribution in [2.45, 2.75) is 38.8 Å². The van der Waals surface area contributed by atoms with Crippen molar-refractivity contribution in [1.82, 2.24) is 4.90 Å². The fourth-order valence-electron chi connectivity index (χ4n) is 1.68. The Labute approximate surface area is 103 Å². The molecule has 2 N–H and O–H groups in total. The SMILES string of the molecule is C#CCC1=CC(N)CN(C(=O)OC(C)(C)C)C1. The molecule has 0 aromatic rings. The molecule has 94 valence electrons. The van der Waals surface area contributed by atoms with Gasteiger partial charge in [-0.25, -0.2) is 4.79 Å². The van der Waals surface area contributed by atoms with Crippen LogP contribution in [0, 0.1) is 12.3 Å². The van der Waals surface area contributed by atoms with E-state index in [9.17, 15) is 4.79 Å². The fraction of sp³-hybridized carbons (Fsp3) is 0.615. The van der Waals surface area contributed by atoms with Gasteiger partial charge in [0.05, 0.1) is 0 Å². The number of ether oxygens (including phenoxy) is 1. The predicted molar refractivity (Wildman–Crippen MR) is 67.3 cm³/mol. The zero-order valence-electron chi connectivity index (χ0n) is 10.7. The van der Waals surface area contributed by atoms with Gasteiger partial charge in [-0.15, -0.1) is 12.3 Å². The maximum atomic E-state index is 11.9. The monoisotopic (exact) mass is 236 g/mol. The average Bonchev–Trinajstić information content (AvgIpc) is 2.14. The van der Waals surface area contributed by atoms with Gasteiger partial charge < -0.3 is 15.4 Å². The first-order valence-electron chi connectivity index (χ1n) is 5.68. The van der Waals surface area contributed by atoms with Crippen molar-refractivity contribution in [1.29, 1.82) is 0 Å². The number of rotatable bonds is 1. The Morgan fingerprint density at radius 3 is 2.88 bits per heavy atom. The molecule has 1 unspecified atom stereocenters. The number of amides is 1. The van der Waals surface area contributed by atoms with Gasteiger partial charge in [0.15, 0.2) is 0 Å². The molecule has 4 heteroatoms. The van der Waals surface area contributed by atoms with Gasteiger partial charge in [0.25, 0.3) is 0 Å². The van der Waals surface area contributed by atoms with Crippen molar-refractivity contribution in [3.63, 3.8) is 0 Å². The Bertz CT molecular complexity index is 361. The topological polar surface area (TPSA) is 55.6 Å². The van der Waals surface area contributed by atoms with Crippen LogP contribution in [0.1, 0.15) is 27.2 Å². The third kappa shape index (κ3) is 4.49. The summed E-state index contributed by atoms with van der Waals surface area (Å²) in [7, 11) is 0. The van der Waals surface area contributed by atoms with Crippen LogP contribution >= 0.6 is 0 Å². The van der Waals surface area contributed by atoms with E-state index in [-0.39, 0.29) is 12.1 Å². The van der Waals surface area contributed by atoms with Gasteiger partial charge in [-0.2, -0.15) is 0 Å². The van der Waals surface area contributed by atoms with Crippen LogP contribution in [-0.2, 0) is 4.74 Å². The molecule has 0 aromatic carbocycles. The number of hydrogen-bond acceptors (Lipinski definition) is 3. The van der Waals surface area contributed by atoms with Crippen molar-refractivity contribution in [3.8, 4) is 12.3 Å². The maximum Gasteiger partial charge on any atom is 0.410 e. The van der Waals surface area contributed by atoms with Crippen LogP contribution < -0.4 is 5.73 Å². The van der Waals surface area contributed by atoms with E-state index < -0.39 is 5.60 Å². The summed E-state index contributed by atoms with van der Waals surface area (Å²) in [5.41, 5.74) is 6.36. The molecule has 0 aliphatic carbocycles. The Kier molecular flexibility index (Phi) is 4.19. The minimum atomic E-state index is -0.491. The highest BCUT2D eigenvalue weighted by atomic mass is 16.6. The van der Waals surface area contributed by atoms with E-state index in [2.05, 4.69) is 5.92 Å². The molecule has 0 saturated carbocycles.